The largest absolute Gasteiger partial charge is 0.489 e. The zero-order valence-electron chi connectivity index (χ0n) is 23.6. The number of benzene rings is 2. The van der Waals surface area contributed by atoms with Crippen LogP contribution in [0.15, 0.2) is 54.6 Å². The van der Waals surface area contributed by atoms with Gasteiger partial charge in [0.25, 0.3) is 17.5 Å². The Hall–Kier alpha value is -5.00. The smallest absolute Gasteiger partial charge is 0.338 e. The van der Waals surface area contributed by atoms with E-state index in [2.05, 4.69) is 15.6 Å². The number of rotatable bonds is 11. The van der Waals surface area contributed by atoms with Gasteiger partial charge in [-0.25, -0.2) is 9.78 Å². The van der Waals surface area contributed by atoms with Gasteiger partial charge in [0.2, 0.25) is 5.88 Å². The Morgan fingerprint density at radius 3 is 1.93 bits per heavy atom. The van der Waals surface area contributed by atoms with E-state index in [0.29, 0.717) is 5.69 Å². The predicted molar refractivity (Wildman–Crippen MR) is 152 cm³/mol. The first-order valence-electron chi connectivity index (χ1n) is 12.9. The quantitative estimate of drug-likeness (QED) is 0.171. The topological polar surface area (TPSA) is 159 Å². The van der Waals surface area contributed by atoms with Gasteiger partial charge in [-0.3, -0.25) is 19.7 Å². The summed E-state index contributed by atoms with van der Waals surface area (Å²) in [4.78, 5) is 52.9. The van der Waals surface area contributed by atoms with Gasteiger partial charge in [-0.2, -0.15) is 0 Å². The summed E-state index contributed by atoms with van der Waals surface area (Å²) in [6.45, 7) is 10.6. The van der Waals surface area contributed by atoms with Crippen LogP contribution in [-0.2, 0) is 4.74 Å². The standard InChI is InChI=1S/C29H32N4O8/c1-16(2)39-25-15-20(29(36)41-18(5)6)9-12-22(25)30-27(35)23-13-14-24(28(32-23)40-17(3)4)31-26(34)19-7-10-21(11-8-19)33(37)38/h7-18H,1-6H3,(H,30,35)(H,31,34). The van der Waals surface area contributed by atoms with Crippen molar-refractivity contribution < 1.29 is 33.5 Å². The van der Waals surface area contributed by atoms with Crippen LogP contribution in [0.3, 0.4) is 0 Å². The number of nitrogens with one attached hydrogen (secondary N) is 2. The number of hydrogen-bond donors (Lipinski definition) is 2. The van der Waals surface area contributed by atoms with E-state index < -0.39 is 22.7 Å². The number of carbonyl (C=O) groups is 3. The lowest BCUT2D eigenvalue weighted by Gasteiger charge is -2.17. The van der Waals surface area contributed by atoms with Crippen LogP contribution < -0.4 is 20.1 Å². The number of carbonyl (C=O) groups excluding carboxylic acids is 3. The first-order chi connectivity index (χ1) is 19.3. The van der Waals surface area contributed by atoms with Gasteiger partial charge >= 0.3 is 5.97 Å². The molecule has 2 amide bonds. The molecule has 0 bridgehead atoms. The number of non-ortho nitro benzene ring substituents is 1. The Morgan fingerprint density at radius 1 is 0.756 bits per heavy atom. The molecule has 3 aromatic rings. The van der Waals surface area contributed by atoms with E-state index >= 15 is 0 Å². The Bertz CT molecular complexity index is 1440. The first kappa shape index (κ1) is 30.5. The van der Waals surface area contributed by atoms with Crippen LogP contribution in [0.5, 0.6) is 11.6 Å². The maximum absolute atomic E-state index is 13.2. The van der Waals surface area contributed by atoms with Crippen LogP contribution in [0.25, 0.3) is 0 Å². The highest BCUT2D eigenvalue weighted by atomic mass is 16.6. The molecule has 2 aromatic carbocycles. The molecule has 1 heterocycles. The van der Waals surface area contributed by atoms with Gasteiger partial charge in [0.05, 0.1) is 34.5 Å². The van der Waals surface area contributed by atoms with Crippen molar-refractivity contribution in [1.29, 1.82) is 0 Å². The fourth-order valence-corrected chi connectivity index (χ4v) is 3.48. The second kappa shape index (κ2) is 13.4. The normalized spacial score (nSPS) is 10.9. The molecule has 1 aromatic heterocycles. The molecule has 0 aliphatic heterocycles. The number of nitrogens with zero attached hydrogens (tertiary/aromatic N) is 2. The SMILES string of the molecule is CC(C)OC(=O)c1ccc(NC(=O)c2ccc(NC(=O)c3ccc([N+](=O)[O-])cc3)c(OC(C)C)n2)c(OC(C)C)c1. The van der Waals surface area contributed by atoms with Crippen LogP contribution >= 0.6 is 0 Å². The van der Waals surface area contributed by atoms with Crippen LogP contribution in [0.4, 0.5) is 17.1 Å². The van der Waals surface area contributed by atoms with Crippen molar-refractivity contribution in [2.24, 2.45) is 0 Å². The molecule has 41 heavy (non-hydrogen) atoms. The van der Waals surface area contributed by atoms with Gasteiger partial charge < -0.3 is 24.8 Å². The van der Waals surface area contributed by atoms with Gasteiger partial charge in [-0.05, 0) is 84.0 Å². The van der Waals surface area contributed by atoms with Crippen molar-refractivity contribution in [3.05, 3.63) is 81.5 Å². The highest BCUT2D eigenvalue weighted by Gasteiger charge is 2.20. The number of pyridine rings is 1. The summed E-state index contributed by atoms with van der Waals surface area (Å²) in [6.07, 6.45) is -0.878. The molecule has 216 valence electrons. The number of nitro groups is 1. The number of nitro benzene ring substituents is 1. The molecular weight excluding hydrogens is 532 g/mol. The molecule has 0 aliphatic carbocycles. The summed E-state index contributed by atoms with van der Waals surface area (Å²) in [5.74, 6) is -1.36. The van der Waals surface area contributed by atoms with E-state index in [4.69, 9.17) is 14.2 Å². The molecule has 0 fully saturated rings. The van der Waals surface area contributed by atoms with Gasteiger partial charge in [-0.1, -0.05) is 0 Å². The van der Waals surface area contributed by atoms with Crippen LogP contribution in [0, 0.1) is 10.1 Å². The molecule has 3 rings (SSSR count). The minimum atomic E-state index is -0.585. The van der Waals surface area contributed by atoms with E-state index in [9.17, 15) is 24.5 Å². The Kier molecular flexibility index (Phi) is 9.96. The molecule has 0 radical (unpaired) electrons. The van der Waals surface area contributed by atoms with E-state index in [1.807, 2.05) is 13.8 Å². The molecular formula is C29H32N4O8. The summed E-state index contributed by atoms with van der Waals surface area (Å²) in [6, 6.07) is 12.5. The Morgan fingerprint density at radius 2 is 1.34 bits per heavy atom. The average molecular weight is 565 g/mol. The third-order valence-corrected chi connectivity index (χ3v) is 5.20. The van der Waals surface area contributed by atoms with Gasteiger partial charge in [-0.15, -0.1) is 0 Å². The number of aromatic nitrogens is 1. The molecule has 0 atom stereocenters. The third kappa shape index (κ3) is 8.49. The number of ether oxygens (including phenoxy) is 3. The first-order valence-corrected chi connectivity index (χ1v) is 12.9. The maximum Gasteiger partial charge on any atom is 0.338 e. The lowest BCUT2D eigenvalue weighted by atomic mass is 10.1. The molecule has 0 unspecified atom stereocenters. The average Bonchev–Trinajstić information content (AvgIpc) is 2.89. The van der Waals surface area contributed by atoms with Gasteiger partial charge in [0.15, 0.2) is 0 Å². The van der Waals surface area contributed by atoms with E-state index in [1.54, 1.807) is 27.7 Å². The lowest BCUT2D eigenvalue weighted by Crippen LogP contribution is -2.19. The minimum absolute atomic E-state index is 0.00669. The van der Waals surface area contributed by atoms with Crippen LogP contribution in [0.1, 0.15) is 72.7 Å². The Labute approximate surface area is 237 Å². The molecule has 12 nitrogen and oxygen atoms in total. The summed E-state index contributed by atoms with van der Waals surface area (Å²) in [5.41, 5.74) is 0.823. The summed E-state index contributed by atoms with van der Waals surface area (Å²) < 4.78 is 16.8. The van der Waals surface area contributed by atoms with Crippen molar-refractivity contribution in [2.75, 3.05) is 10.6 Å². The lowest BCUT2D eigenvalue weighted by molar-refractivity contribution is -0.384. The minimum Gasteiger partial charge on any atom is -0.489 e. The Balaban J connectivity index is 1.85. The van der Waals surface area contributed by atoms with Crippen molar-refractivity contribution >= 4 is 34.8 Å². The monoisotopic (exact) mass is 564 g/mol. The maximum atomic E-state index is 13.2. The second-order valence-corrected chi connectivity index (χ2v) is 9.76. The van der Waals surface area contributed by atoms with E-state index in [0.717, 1.165) is 0 Å². The highest BCUT2D eigenvalue weighted by molar-refractivity contribution is 6.06. The summed E-state index contributed by atoms with van der Waals surface area (Å²) in [5, 5.41) is 16.3. The van der Waals surface area contributed by atoms with E-state index in [1.165, 1.54) is 54.6 Å². The van der Waals surface area contributed by atoms with Crippen molar-refractivity contribution in [1.82, 2.24) is 4.98 Å². The molecule has 12 heteroatoms. The van der Waals surface area contributed by atoms with Crippen LogP contribution in [-0.4, -0.2) is 46.0 Å². The molecule has 0 aliphatic rings. The third-order valence-electron chi connectivity index (χ3n) is 5.20. The predicted octanol–water partition coefficient (Wildman–Crippen LogP) is 5.63. The number of anilines is 2. The van der Waals surface area contributed by atoms with Crippen molar-refractivity contribution in [2.45, 2.75) is 59.9 Å². The summed E-state index contributed by atoms with van der Waals surface area (Å²) in [7, 11) is 0. The molecule has 0 saturated carbocycles. The van der Waals surface area contributed by atoms with Crippen molar-refractivity contribution in [3.8, 4) is 11.6 Å². The highest BCUT2D eigenvalue weighted by Crippen LogP contribution is 2.29. The number of amides is 2. The zero-order valence-corrected chi connectivity index (χ0v) is 23.6. The molecule has 2 N–H and O–H groups in total. The number of hydrogen-bond acceptors (Lipinski definition) is 9. The zero-order chi connectivity index (χ0) is 30.3. The van der Waals surface area contributed by atoms with E-state index in [-0.39, 0.29) is 58.1 Å². The second-order valence-electron chi connectivity index (χ2n) is 9.76. The fourth-order valence-electron chi connectivity index (χ4n) is 3.48. The molecule has 0 saturated heterocycles. The van der Waals surface area contributed by atoms with Gasteiger partial charge in [0.1, 0.15) is 17.1 Å². The fraction of sp³-hybridized carbons (Fsp3) is 0.310. The van der Waals surface area contributed by atoms with Gasteiger partial charge in [0, 0.05) is 17.7 Å². The van der Waals surface area contributed by atoms with Crippen LogP contribution in [0.2, 0.25) is 0 Å². The van der Waals surface area contributed by atoms with Crippen molar-refractivity contribution in [3.63, 3.8) is 0 Å². The molecule has 0 spiro atoms. The summed E-state index contributed by atoms with van der Waals surface area (Å²) >= 11 is 0. The number of esters is 1.